The summed E-state index contributed by atoms with van der Waals surface area (Å²) >= 11 is 0. The number of aromatic nitrogens is 10. The average Bonchev–Trinajstić information content (AvgIpc) is 3.07. The summed E-state index contributed by atoms with van der Waals surface area (Å²) in [4.78, 5) is 14.9. The van der Waals surface area contributed by atoms with Crippen LogP contribution in [0.2, 0.25) is 0 Å². The van der Waals surface area contributed by atoms with Gasteiger partial charge in [-0.3, -0.25) is 0 Å². The van der Waals surface area contributed by atoms with Crippen molar-refractivity contribution in [2.45, 2.75) is 0 Å². The number of nitrogens with zero attached hydrogens (tertiary/aromatic N) is 8. The standard InChI is InChI=1S/2C4H5N7/c2*5-2-1-3(10-11-9-1)8-4(6)7-2/h2*(H5,5,6,7,8,9,10,11). The first-order valence-corrected chi connectivity index (χ1v) is 5.73. The fraction of sp³-hybridized carbons (Fsp3) is 0. The number of H-pyrrole nitrogens is 2. The first-order chi connectivity index (χ1) is 10.5. The Kier molecular flexibility index (Phi) is 2.95. The van der Waals surface area contributed by atoms with Crippen molar-refractivity contribution in [2.75, 3.05) is 22.9 Å². The van der Waals surface area contributed by atoms with Crippen LogP contribution in [0.3, 0.4) is 0 Å². The van der Waals surface area contributed by atoms with Crippen LogP contribution in [0, 0.1) is 0 Å². The topological polar surface area (TPSA) is 239 Å². The van der Waals surface area contributed by atoms with Crippen LogP contribution in [0.25, 0.3) is 22.3 Å². The lowest BCUT2D eigenvalue weighted by Crippen LogP contribution is -1.99. The Morgan fingerprint density at radius 2 is 0.955 bits per heavy atom. The number of nitrogen functional groups attached to an aromatic ring is 4. The zero-order chi connectivity index (χ0) is 15.7. The van der Waals surface area contributed by atoms with Gasteiger partial charge < -0.3 is 22.9 Å². The Morgan fingerprint density at radius 3 is 1.36 bits per heavy atom. The van der Waals surface area contributed by atoms with Crippen molar-refractivity contribution in [1.82, 2.24) is 50.8 Å². The number of hydrogen-bond donors (Lipinski definition) is 6. The molecule has 0 atom stereocenters. The normalized spacial score (nSPS) is 10.5. The van der Waals surface area contributed by atoms with Crippen LogP contribution in [0.1, 0.15) is 0 Å². The molecule has 14 nitrogen and oxygen atoms in total. The molecule has 22 heavy (non-hydrogen) atoms. The van der Waals surface area contributed by atoms with Crippen molar-refractivity contribution in [1.29, 1.82) is 0 Å². The molecular formula is C8H10N14. The second kappa shape index (κ2) is 4.93. The Balaban J connectivity index is 0.000000131. The number of nitrogens with one attached hydrogen (secondary N) is 2. The lowest BCUT2D eigenvalue weighted by molar-refractivity contribution is 0.955. The van der Waals surface area contributed by atoms with Crippen molar-refractivity contribution < 1.29 is 0 Å². The predicted molar refractivity (Wildman–Crippen MR) is 76.6 cm³/mol. The highest BCUT2D eigenvalue weighted by molar-refractivity contribution is 5.81. The zero-order valence-corrected chi connectivity index (χ0v) is 10.9. The molecule has 0 spiro atoms. The van der Waals surface area contributed by atoms with E-state index in [2.05, 4.69) is 50.8 Å². The minimum absolute atomic E-state index is 0.101. The third kappa shape index (κ3) is 2.30. The van der Waals surface area contributed by atoms with Gasteiger partial charge in [0, 0.05) is 0 Å². The van der Waals surface area contributed by atoms with E-state index in [1.807, 2.05) is 0 Å². The largest absolute Gasteiger partial charge is 0.382 e. The van der Waals surface area contributed by atoms with E-state index >= 15 is 0 Å². The van der Waals surface area contributed by atoms with Crippen molar-refractivity contribution >= 4 is 45.9 Å². The number of anilines is 4. The van der Waals surface area contributed by atoms with Gasteiger partial charge in [0.05, 0.1) is 0 Å². The lowest BCUT2D eigenvalue weighted by Gasteiger charge is -1.92. The molecule has 0 radical (unpaired) electrons. The second-order valence-corrected chi connectivity index (χ2v) is 3.93. The van der Waals surface area contributed by atoms with Crippen molar-refractivity contribution in [3.8, 4) is 0 Å². The second-order valence-electron chi connectivity index (χ2n) is 3.93. The highest BCUT2D eigenvalue weighted by atomic mass is 15.4. The molecule has 4 aromatic rings. The summed E-state index contributed by atoms with van der Waals surface area (Å²) in [6, 6.07) is 0. The van der Waals surface area contributed by atoms with Crippen molar-refractivity contribution in [3.05, 3.63) is 0 Å². The average molecular weight is 302 g/mol. The van der Waals surface area contributed by atoms with Crippen LogP contribution in [0.5, 0.6) is 0 Å². The maximum Gasteiger partial charge on any atom is 0.224 e. The summed E-state index contributed by atoms with van der Waals surface area (Å²) in [5, 5.41) is 19.6. The number of hydrogen-bond acceptors (Lipinski definition) is 12. The van der Waals surface area contributed by atoms with E-state index in [0.29, 0.717) is 22.3 Å². The van der Waals surface area contributed by atoms with Crippen molar-refractivity contribution in [2.24, 2.45) is 0 Å². The monoisotopic (exact) mass is 302 g/mol. The van der Waals surface area contributed by atoms with Crippen LogP contribution in [-0.4, -0.2) is 50.8 Å². The number of nitrogens with two attached hydrogens (primary N) is 4. The van der Waals surface area contributed by atoms with Gasteiger partial charge in [0.2, 0.25) is 23.2 Å². The van der Waals surface area contributed by atoms with Crippen LogP contribution >= 0.6 is 0 Å². The van der Waals surface area contributed by atoms with Crippen LogP contribution in [0.4, 0.5) is 23.5 Å². The Hall–Kier alpha value is -3.84. The molecule has 0 aliphatic rings. The molecular weight excluding hydrogens is 292 g/mol. The van der Waals surface area contributed by atoms with E-state index in [4.69, 9.17) is 22.9 Å². The Bertz CT molecular complexity index is 858. The molecule has 0 aromatic carbocycles. The minimum atomic E-state index is 0.101. The summed E-state index contributed by atoms with van der Waals surface area (Å²) < 4.78 is 0. The molecule has 0 aliphatic carbocycles. The van der Waals surface area contributed by atoms with Gasteiger partial charge in [0.1, 0.15) is 0 Å². The van der Waals surface area contributed by atoms with Gasteiger partial charge >= 0.3 is 0 Å². The predicted octanol–water partition coefficient (Wildman–Crippen LogP) is -2.18. The van der Waals surface area contributed by atoms with Gasteiger partial charge in [-0.1, -0.05) is 0 Å². The number of fused-ring (bicyclic) bond motifs is 2. The summed E-state index contributed by atoms with van der Waals surface area (Å²) in [7, 11) is 0. The molecule has 4 rings (SSSR count). The molecule has 0 bridgehead atoms. The minimum Gasteiger partial charge on any atom is -0.382 e. The molecule has 14 heteroatoms. The van der Waals surface area contributed by atoms with Gasteiger partial charge in [-0.05, 0) is 0 Å². The fourth-order valence-corrected chi connectivity index (χ4v) is 1.57. The van der Waals surface area contributed by atoms with E-state index in [9.17, 15) is 0 Å². The molecule has 4 aromatic heterocycles. The lowest BCUT2D eigenvalue weighted by atomic mass is 10.5. The van der Waals surface area contributed by atoms with E-state index in [1.165, 1.54) is 0 Å². The smallest absolute Gasteiger partial charge is 0.224 e. The van der Waals surface area contributed by atoms with Gasteiger partial charge in [-0.2, -0.15) is 40.6 Å². The van der Waals surface area contributed by atoms with E-state index in [-0.39, 0.29) is 23.5 Å². The highest BCUT2D eigenvalue weighted by Crippen LogP contribution is 2.12. The summed E-state index contributed by atoms with van der Waals surface area (Å²) in [6.07, 6.45) is 0. The fourth-order valence-electron chi connectivity index (χ4n) is 1.57. The first-order valence-electron chi connectivity index (χ1n) is 5.73. The Labute approximate surface area is 120 Å². The third-order valence-corrected chi connectivity index (χ3v) is 2.46. The van der Waals surface area contributed by atoms with E-state index in [0.717, 1.165) is 0 Å². The van der Waals surface area contributed by atoms with Crippen LogP contribution < -0.4 is 22.9 Å². The van der Waals surface area contributed by atoms with Gasteiger partial charge in [-0.15, -0.1) is 10.2 Å². The molecule has 0 amide bonds. The molecule has 0 aliphatic heterocycles. The molecule has 0 unspecified atom stereocenters. The third-order valence-electron chi connectivity index (χ3n) is 2.46. The molecule has 4 heterocycles. The van der Waals surface area contributed by atoms with E-state index < -0.39 is 0 Å². The number of rotatable bonds is 0. The molecule has 10 N–H and O–H groups in total. The highest BCUT2D eigenvalue weighted by Gasteiger charge is 2.06. The van der Waals surface area contributed by atoms with Crippen LogP contribution in [0.15, 0.2) is 0 Å². The zero-order valence-electron chi connectivity index (χ0n) is 10.9. The van der Waals surface area contributed by atoms with Gasteiger partial charge in [0.15, 0.2) is 22.7 Å². The van der Waals surface area contributed by atoms with Crippen LogP contribution in [-0.2, 0) is 0 Å². The Morgan fingerprint density at radius 1 is 0.545 bits per heavy atom. The molecule has 0 fully saturated rings. The first kappa shape index (κ1) is 13.2. The summed E-state index contributed by atoms with van der Waals surface area (Å²) in [6.45, 7) is 0. The SMILES string of the molecule is Nc1nc(N)c2n[nH]nc2n1.Nc1nc(N)c2n[nH]nc2n1. The number of aromatic amines is 2. The quantitative estimate of drug-likeness (QED) is 0.203. The molecule has 0 saturated heterocycles. The maximum atomic E-state index is 5.45. The molecule has 112 valence electrons. The van der Waals surface area contributed by atoms with Gasteiger partial charge in [0.25, 0.3) is 0 Å². The van der Waals surface area contributed by atoms with Crippen molar-refractivity contribution in [3.63, 3.8) is 0 Å². The summed E-state index contributed by atoms with van der Waals surface area (Å²) in [5.74, 6) is 0.676. The van der Waals surface area contributed by atoms with E-state index in [1.54, 1.807) is 0 Å². The summed E-state index contributed by atoms with van der Waals surface area (Å²) in [5.41, 5.74) is 23.2. The maximum absolute atomic E-state index is 5.45. The molecule has 0 saturated carbocycles. The van der Waals surface area contributed by atoms with Gasteiger partial charge in [-0.25, -0.2) is 0 Å².